The summed E-state index contributed by atoms with van der Waals surface area (Å²) in [6.07, 6.45) is 1.28. The number of rotatable bonds is 2. The fraction of sp³-hybridized carbons (Fsp3) is 0.500. The van der Waals surface area contributed by atoms with E-state index in [1.807, 2.05) is 0 Å². The molecule has 1 aromatic carbocycles. The van der Waals surface area contributed by atoms with E-state index in [2.05, 4.69) is 32.0 Å². The highest BCUT2D eigenvalue weighted by atomic mass is 16.5. The van der Waals surface area contributed by atoms with Crippen molar-refractivity contribution in [1.29, 1.82) is 0 Å². The molecule has 0 radical (unpaired) electrons. The Labute approximate surface area is 85.1 Å². The predicted octanol–water partition coefficient (Wildman–Crippen LogP) is 2.21. The van der Waals surface area contributed by atoms with Crippen LogP contribution in [0.5, 0.6) is 5.75 Å². The van der Waals surface area contributed by atoms with Crippen LogP contribution in [-0.4, -0.2) is 12.6 Å². The van der Waals surface area contributed by atoms with E-state index in [0.29, 0.717) is 5.92 Å². The largest absolute Gasteiger partial charge is 0.490 e. The van der Waals surface area contributed by atoms with Crippen LogP contribution in [0.4, 0.5) is 0 Å². The molecule has 14 heavy (non-hydrogen) atoms. The standard InChI is InChI=1S/C12H17NO/c1-8-4-3-5-11-10(6-7-13)9(2)14-12(8)11/h3-5,9-10H,6-7,13H2,1-2H3. The molecule has 0 spiro atoms. The number of hydrogen-bond donors (Lipinski definition) is 1. The van der Waals surface area contributed by atoms with Gasteiger partial charge in [-0.1, -0.05) is 18.2 Å². The quantitative estimate of drug-likeness (QED) is 0.777. The average Bonchev–Trinajstić information content (AvgIpc) is 2.47. The van der Waals surface area contributed by atoms with E-state index < -0.39 is 0 Å². The van der Waals surface area contributed by atoms with Gasteiger partial charge in [0, 0.05) is 11.5 Å². The molecule has 2 nitrogen and oxygen atoms in total. The Morgan fingerprint density at radius 2 is 2.21 bits per heavy atom. The van der Waals surface area contributed by atoms with E-state index in [9.17, 15) is 0 Å². The van der Waals surface area contributed by atoms with Gasteiger partial charge in [-0.25, -0.2) is 0 Å². The first-order valence-electron chi connectivity index (χ1n) is 5.20. The summed E-state index contributed by atoms with van der Waals surface area (Å²) in [5.74, 6) is 1.56. The van der Waals surface area contributed by atoms with E-state index in [1.165, 1.54) is 11.1 Å². The molecule has 2 atom stereocenters. The first-order chi connectivity index (χ1) is 6.74. The van der Waals surface area contributed by atoms with Crippen molar-refractivity contribution in [1.82, 2.24) is 0 Å². The zero-order chi connectivity index (χ0) is 10.1. The number of hydrogen-bond acceptors (Lipinski definition) is 2. The lowest BCUT2D eigenvalue weighted by Crippen LogP contribution is -2.17. The van der Waals surface area contributed by atoms with Gasteiger partial charge >= 0.3 is 0 Å². The molecule has 2 unspecified atom stereocenters. The predicted molar refractivity (Wildman–Crippen MR) is 57.7 cm³/mol. The molecule has 2 rings (SSSR count). The van der Waals surface area contributed by atoms with Crippen LogP contribution in [0.25, 0.3) is 0 Å². The van der Waals surface area contributed by atoms with Crippen molar-refractivity contribution < 1.29 is 4.74 Å². The van der Waals surface area contributed by atoms with Gasteiger partial charge in [-0.2, -0.15) is 0 Å². The van der Waals surface area contributed by atoms with Crippen LogP contribution >= 0.6 is 0 Å². The Hall–Kier alpha value is -1.02. The zero-order valence-corrected chi connectivity index (χ0v) is 8.79. The van der Waals surface area contributed by atoms with Crippen LogP contribution in [0.2, 0.25) is 0 Å². The van der Waals surface area contributed by atoms with Gasteiger partial charge in [0.1, 0.15) is 11.9 Å². The molecule has 0 amide bonds. The van der Waals surface area contributed by atoms with Gasteiger partial charge in [-0.3, -0.25) is 0 Å². The Morgan fingerprint density at radius 3 is 2.93 bits per heavy atom. The monoisotopic (exact) mass is 191 g/mol. The molecule has 0 fully saturated rings. The lowest BCUT2D eigenvalue weighted by atomic mass is 9.92. The normalized spacial score (nSPS) is 24.5. The van der Waals surface area contributed by atoms with Crippen molar-refractivity contribution in [2.75, 3.05) is 6.54 Å². The lowest BCUT2D eigenvalue weighted by molar-refractivity contribution is 0.221. The maximum absolute atomic E-state index is 5.85. The molecule has 0 bridgehead atoms. The maximum atomic E-state index is 5.85. The van der Waals surface area contributed by atoms with Crippen molar-refractivity contribution in [3.8, 4) is 5.75 Å². The highest BCUT2D eigenvalue weighted by Gasteiger charge is 2.30. The Morgan fingerprint density at radius 1 is 1.43 bits per heavy atom. The number of benzene rings is 1. The number of nitrogens with two attached hydrogens (primary N) is 1. The number of aryl methyl sites for hydroxylation is 1. The van der Waals surface area contributed by atoms with Gasteiger partial charge in [0.05, 0.1) is 0 Å². The summed E-state index contributed by atoms with van der Waals surface area (Å²) in [4.78, 5) is 0. The SMILES string of the molecule is Cc1cccc2c1OC(C)C2CCN. The zero-order valence-electron chi connectivity index (χ0n) is 8.79. The van der Waals surface area contributed by atoms with Crippen LogP contribution in [0.3, 0.4) is 0 Å². The lowest BCUT2D eigenvalue weighted by Gasteiger charge is -2.12. The van der Waals surface area contributed by atoms with E-state index >= 15 is 0 Å². The molecule has 1 aliphatic rings. The van der Waals surface area contributed by atoms with Gasteiger partial charge in [0.15, 0.2) is 0 Å². The van der Waals surface area contributed by atoms with Crippen molar-refractivity contribution in [3.05, 3.63) is 29.3 Å². The third-order valence-corrected chi connectivity index (χ3v) is 2.99. The first kappa shape index (κ1) is 9.53. The number of ether oxygens (including phenoxy) is 1. The summed E-state index contributed by atoms with van der Waals surface area (Å²) < 4.78 is 5.85. The summed E-state index contributed by atoms with van der Waals surface area (Å²) in [6, 6.07) is 6.35. The number of para-hydroxylation sites is 1. The minimum absolute atomic E-state index is 0.273. The number of fused-ring (bicyclic) bond motifs is 1. The third-order valence-electron chi connectivity index (χ3n) is 2.99. The summed E-state index contributed by atoms with van der Waals surface area (Å²) in [5.41, 5.74) is 8.18. The van der Waals surface area contributed by atoms with E-state index in [4.69, 9.17) is 10.5 Å². The molecule has 1 aliphatic heterocycles. The molecule has 0 saturated carbocycles. The second kappa shape index (κ2) is 3.62. The van der Waals surface area contributed by atoms with Crippen LogP contribution < -0.4 is 10.5 Å². The molecule has 2 heteroatoms. The molecule has 0 saturated heterocycles. The van der Waals surface area contributed by atoms with Crippen LogP contribution in [0, 0.1) is 6.92 Å². The first-order valence-corrected chi connectivity index (χ1v) is 5.20. The van der Waals surface area contributed by atoms with Gasteiger partial charge in [0.25, 0.3) is 0 Å². The molecule has 0 aromatic heterocycles. The average molecular weight is 191 g/mol. The molecule has 1 aromatic rings. The van der Waals surface area contributed by atoms with Crippen molar-refractivity contribution in [3.63, 3.8) is 0 Å². The van der Waals surface area contributed by atoms with Crippen molar-refractivity contribution in [2.45, 2.75) is 32.3 Å². The van der Waals surface area contributed by atoms with Crippen molar-refractivity contribution >= 4 is 0 Å². The Bertz CT molecular complexity index is 335. The molecule has 2 N–H and O–H groups in total. The minimum Gasteiger partial charge on any atom is -0.490 e. The van der Waals surface area contributed by atoms with Gasteiger partial charge < -0.3 is 10.5 Å². The molecule has 0 aliphatic carbocycles. The smallest absolute Gasteiger partial charge is 0.126 e. The Kier molecular flexibility index (Phi) is 2.46. The second-order valence-electron chi connectivity index (χ2n) is 4.00. The van der Waals surface area contributed by atoms with Crippen LogP contribution in [0.1, 0.15) is 30.4 Å². The third kappa shape index (κ3) is 1.40. The van der Waals surface area contributed by atoms with E-state index in [1.54, 1.807) is 0 Å². The second-order valence-corrected chi connectivity index (χ2v) is 4.00. The van der Waals surface area contributed by atoms with Gasteiger partial charge in [-0.15, -0.1) is 0 Å². The van der Waals surface area contributed by atoms with E-state index in [0.717, 1.165) is 18.7 Å². The summed E-state index contributed by atoms with van der Waals surface area (Å²) in [7, 11) is 0. The fourth-order valence-corrected chi connectivity index (χ4v) is 2.22. The van der Waals surface area contributed by atoms with Crippen LogP contribution in [0.15, 0.2) is 18.2 Å². The van der Waals surface area contributed by atoms with Gasteiger partial charge in [0.2, 0.25) is 0 Å². The maximum Gasteiger partial charge on any atom is 0.126 e. The molecular weight excluding hydrogens is 174 g/mol. The topological polar surface area (TPSA) is 35.2 Å². The van der Waals surface area contributed by atoms with Gasteiger partial charge in [-0.05, 0) is 32.4 Å². The fourth-order valence-electron chi connectivity index (χ4n) is 2.22. The molecule has 1 heterocycles. The highest BCUT2D eigenvalue weighted by Crippen LogP contribution is 2.41. The molecular formula is C12H17NO. The Balaban J connectivity index is 2.37. The van der Waals surface area contributed by atoms with Crippen molar-refractivity contribution in [2.24, 2.45) is 5.73 Å². The highest BCUT2D eigenvalue weighted by molar-refractivity contribution is 5.46. The summed E-state index contributed by atoms with van der Waals surface area (Å²) in [6.45, 7) is 4.95. The van der Waals surface area contributed by atoms with Crippen LogP contribution in [-0.2, 0) is 0 Å². The molecule has 76 valence electrons. The summed E-state index contributed by atoms with van der Waals surface area (Å²) in [5, 5.41) is 0. The summed E-state index contributed by atoms with van der Waals surface area (Å²) >= 11 is 0. The van der Waals surface area contributed by atoms with E-state index in [-0.39, 0.29) is 6.10 Å². The minimum atomic E-state index is 0.273.